The molecule has 24 heavy (non-hydrogen) atoms. The van der Waals surface area contributed by atoms with Crippen LogP contribution in [0.4, 0.5) is 0 Å². The van der Waals surface area contributed by atoms with Crippen LogP contribution in [0.2, 0.25) is 0 Å². The first-order chi connectivity index (χ1) is 10.8. The molecule has 0 spiro atoms. The molecule has 7 nitrogen and oxygen atoms in total. The molecule has 0 rings (SSSR count). The van der Waals surface area contributed by atoms with E-state index in [0.717, 1.165) is 12.8 Å². The molecule has 0 saturated carbocycles. The Morgan fingerprint density at radius 2 is 1.71 bits per heavy atom. The molecular formula is C15H28O7P2. The number of hydrogen-bond donors (Lipinski definition) is 3. The predicted molar refractivity (Wildman–Crippen MR) is 94.3 cm³/mol. The van der Waals surface area contributed by atoms with Gasteiger partial charge in [0.25, 0.3) is 0 Å². The Bertz CT molecular complexity index is 572. The van der Waals surface area contributed by atoms with Crippen molar-refractivity contribution in [1.82, 2.24) is 0 Å². The van der Waals surface area contributed by atoms with E-state index in [1.165, 1.54) is 24.1 Å². The van der Waals surface area contributed by atoms with Crippen LogP contribution in [0.25, 0.3) is 0 Å². The van der Waals surface area contributed by atoms with Crippen LogP contribution in [-0.4, -0.2) is 20.3 Å². The zero-order valence-electron chi connectivity index (χ0n) is 14.6. The summed E-state index contributed by atoms with van der Waals surface area (Å²) < 4.78 is 31.0. The van der Waals surface area contributed by atoms with Gasteiger partial charge in [-0.25, -0.2) is 9.13 Å². The molecule has 0 amide bonds. The van der Waals surface area contributed by atoms with Crippen LogP contribution < -0.4 is 0 Å². The van der Waals surface area contributed by atoms with E-state index in [1.54, 1.807) is 0 Å². The lowest BCUT2D eigenvalue weighted by Gasteiger charge is -2.27. The van der Waals surface area contributed by atoms with Crippen LogP contribution in [-0.2, 0) is 18.0 Å². The summed E-state index contributed by atoms with van der Waals surface area (Å²) in [4.78, 5) is 26.7. The fourth-order valence-corrected chi connectivity index (χ4v) is 3.80. The van der Waals surface area contributed by atoms with Crippen molar-refractivity contribution in [1.29, 1.82) is 0 Å². The van der Waals surface area contributed by atoms with Gasteiger partial charge < -0.3 is 14.7 Å². The molecule has 0 aromatic heterocycles. The summed E-state index contributed by atoms with van der Waals surface area (Å²) in [5.41, 5.74) is 1.19. The average Bonchev–Trinajstić information content (AvgIpc) is 2.34. The third-order valence-corrected chi connectivity index (χ3v) is 5.51. The van der Waals surface area contributed by atoms with Gasteiger partial charge in [-0.2, -0.15) is 4.31 Å². The quantitative estimate of drug-likeness (QED) is 0.353. The second kappa shape index (κ2) is 9.83. The lowest BCUT2D eigenvalue weighted by Crippen LogP contribution is -2.24. The maximum Gasteiger partial charge on any atom is 0.481 e. The molecule has 0 aliphatic heterocycles. The minimum atomic E-state index is -5.14. The maximum atomic E-state index is 11.7. The van der Waals surface area contributed by atoms with Gasteiger partial charge in [-0.1, -0.05) is 29.4 Å². The first kappa shape index (κ1) is 23.5. The molecule has 3 N–H and O–H groups in total. The van der Waals surface area contributed by atoms with Crippen molar-refractivity contribution >= 4 is 15.6 Å². The van der Waals surface area contributed by atoms with E-state index in [1.807, 2.05) is 26.8 Å². The Kier molecular flexibility index (Phi) is 9.62. The highest BCUT2D eigenvalue weighted by Crippen LogP contribution is 2.59. The SMILES string of the molecule is C=CC(C)(CC/C=C(\C)CCC=C(C)C)OP(=O)(O)OP(=O)(O)O. The molecule has 0 aliphatic rings. The number of hydrogen-bond acceptors (Lipinski definition) is 4. The molecule has 0 aromatic carbocycles. The van der Waals surface area contributed by atoms with Crippen LogP contribution in [0.5, 0.6) is 0 Å². The second-order valence-electron chi connectivity index (χ2n) is 6.06. The summed E-state index contributed by atoms with van der Waals surface area (Å²) >= 11 is 0. The molecule has 2 unspecified atom stereocenters. The van der Waals surface area contributed by atoms with Crippen molar-refractivity contribution in [2.24, 2.45) is 0 Å². The maximum absolute atomic E-state index is 11.7. The van der Waals surface area contributed by atoms with Gasteiger partial charge in [0.1, 0.15) is 0 Å². The summed E-state index contributed by atoms with van der Waals surface area (Å²) in [5.74, 6) is 0. The molecule has 0 aliphatic carbocycles. The van der Waals surface area contributed by atoms with Crippen molar-refractivity contribution in [2.45, 2.75) is 59.0 Å². The second-order valence-corrected chi connectivity index (χ2v) is 8.81. The van der Waals surface area contributed by atoms with Gasteiger partial charge in [0.2, 0.25) is 0 Å². The van der Waals surface area contributed by atoms with Crippen LogP contribution in [0.1, 0.15) is 53.4 Å². The van der Waals surface area contributed by atoms with E-state index in [4.69, 9.17) is 14.3 Å². The minimum Gasteiger partial charge on any atom is -0.302 e. The van der Waals surface area contributed by atoms with Gasteiger partial charge in [-0.3, -0.25) is 4.52 Å². The smallest absolute Gasteiger partial charge is 0.302 e. The Morgan fingerprint density at radius 3 is 2.17 bits per heavy atom. The van der Waals surface area contributed by atoms with E-state index < -0.39 is 21.2 Å². The molecular weight excluding hydrogens is 354 g/mol. The van der Waals surface area contributed by atoms with Gasteiger partial charge in [-0.15, -0.1) is 6.58 Å². The summed E-state index contributed by atoms with van der Waals surface area (Å²) in [6.07, 6.45) is 8.18. The Morgan fingerprint density at radius 1 is 1.12 bits per heavy atom. The van der Waals surface area contributed by atoms with E-state index in [2.05, 4.69) is 17.0 Å². The molecule has 0 fully saturated rings. The van der Waals surface area contributed by atoms with Gasteiger partial charge in [-0.05, 0) is 53.4 Å². The van der Waals surface area contributed by atoms with Gasteiger partial charge in [0.15, 0.2) is 0 Å². The normalized spacial score (nSPS) is 17.7. The van der Waals surface area contributed by atoms with E-state index in [0.29, 0.717) is 12.8 Å². The van der Waals surface area contributed by atoms with Gasteiger partial charge >= 0.3 is 15.6 Å². The molecule has 2 atom stereocenters. The summed E-state index contributed by atoms with van der Waals surface area (Å²) in [6.45, 7) is 11.1. The van der Waals surface area contributed by atoms with Crippen molar-refractivity contribution in [3.05, 3.63) is 36.0 Å². The van der Waals surface area contributed by atoms with Gasteiger partial charge in [0.05, 0.1) is 5.60 Å². The van der Waals surface area contributed by atoms with Crippen LogP contribution in [0.15, 0.2) is 36.0 Å². The topological polar surface area (TPSA) is 113 Å². The van der Waals surface area contributed by atoms with Crippen molar-refractivity contribution < 1.29 is 32.6 Å². The zero-order valence-corrected chi connectivity index (χ0v) is 16.4. The largest absolute Gasteiger partial charge is 0.481 e. The summed E-state index contributed by atoms with van der Waals surface area (Å²) in [5, 5.41) is 0. The number of rotatable bonds is 11. The fourth-order valence-electron chi connectivity index (χ4n) is 1.90. The number of phosphoric acid groups is 2. The standard InChI is InChI=1S/C15H28O7P2/c1-6-15(5,21-24(19,20)22-23(16,17)18)12-8-11-14(4)10-7-9-13(2)3/h6,9,11H,1,7-8,10,12H2,2-5H3,(H,19,20)(H2,16,17,18)/b14-11+. The summed E-state index contributed by atoms with van der Waals surface area (Å²) in [7, 11) is -10.0. The van der Waals surface area contributed by atoms with Gasteiger partial charge in [0, 0.05) is 0 Å². The lowest BCUT2D eigenvalue weighted by atomic mass is 9.99. The minimum absolute atomic E-state index is 0.311. The first-order valence-electron chi connectivity index (χ1n) is 7.51. The lowest BCUT2D eigenvalue weighted by molar-refractivity contribution is 0.0803. The number of phosphoric ester groups is 1. The highest BCUT2D eigenvalue weighted by Gasteiger charge is 2.38. The van der Waals surface area contributed by atoms with Crippen LogP contribution in [0, 0.1) is 0 Å². The van der Waals surface area contributed by atoms with Crippen molar-refractivity contribution in [2.75, 3.05) is 0 Å². The average molecular weight is 382 g/mol. The van der Waals surface area contributed by atoms with E-state index in [-0.39, 0.29) is 0 Å². The molecule has 9 heteroatoms. The summed E-state index contributed by atoms with van der Waals surface area (Å²) in [6, 6.07) is 0. The molecule has 140 valence electrons. The van der Waals surface area contributed by atoms with Crippen molar-refractivity contribution in [3.8, 4) is 0 Å². The third kappa shape index (κ3) is 11.9. The Hall–Kier alpha value is -0.520. The fraction of sp³-hybridized carbons (Fsp3) is 0.600. The molecule has 0 radical (unpaired) electrons. The number of allylic oxidation sites excluding steroid dienone is 4. The molecule has 0 heterocycles. The zero-order chi connectivity index (χ0) is 19.0. The highest BCUT2D eigenvalue weighted by molar-refractivity contribution is 7.60. The monoisotopic (exact) mass is 382 g/mol. The molecule has 0 saturated heterocycles. The Labute approximate surface area is 143 Å². The third-order valence-electron chi connectivity index (χ3n) is 3.19. The van der Waals surface area contributed by atoms with Crippen molar-refractivity contribution in [3.63, 3.8) is 0 Å². The van der Waals surface area contributed by atoms with E-state index >= 15 is 0 Å². The molecule has 0 aromatic rings. The van der Waals surface area contributed by atoms with E-state index in [9.17, 15) is 14.0 Å². The Balaban J connectivity index is 4.68. The van der Waals surface area contributed by atoms with Crippen LogP contribution >= 0.6 is 15.6 Å². The molecule has 0 bridgehead atoms. The van der Waals surface area contributed by atoms with Crippen LogP contribution in [0.3, 0.4) is 0 Å². The highest BCUT2D eigenvalue weighted by atomic mass is 31.3. The predicted octanol–water partition coefficient (Wildman–Crippen LogP) is 4.63. The first-order valence-corrected chi connectivity index (χ1v) is 10.5.